The van der Waals surface area contributed by atoms with Gasteiger partial charge in [-0.25, -0.2) is 9.59 Å². The van der Waals surface area contributed by atoms with Crippen LogP contribution < -0.4 is 0 Å². The molecule has 6 heteroatoms. The summed E-state index contributed by atoms with van der Waals surface area (Å²) in [6.07, 6.45) is 1.12. The first-order valence-electron chi connectivity index (χ1n) is 9.91. The Hall–Kier alpha value is -2.70. The molecule has 2 aromatic carbocycles. The van der Waals surface area contributed by atoms with Gasteiger partial charge in [-0.15, -0.1) is 0 Å². The topological polar surface area (TPSA) is 81.1 Å². The Morgan fingerprint density at radius 1 is 0.793 bits per heavy atom. The maximum Gasteiger partial charge on any atom is 0.414 e. The molecule has 0 bridgehead atoms. The molecular formula is C23H30N2O4. The van der Waals surface area contributed by atoms with Gasteiger partial charge >= 0.3 is 11.9 Å². The van der Waals surface area contributed by atoms with Gasteiger partial charge in [-0.1, -0.05) is 61.0 Å². The first kappa shape index (κ1) is 22.6. The standard InChI is InChI=1S/C21H28N2.C2H2O4/c1-3-19-7-9-20(10-8-19)16-22-11-13-23(14-12-22)17-21-6-4-5-18(2)15-21;3-1(4)2(5)6/h4-10,15H,3,11-14,16-17H2,1-2H3;(H,3,4)(H,5,6). The third-order valence-corrected chi connectivity index (χ3v) is 4.97. The summed E-state index contributed by atoms with van der Waals surface area (Å²) in [4.78, 5) is 23.4. The molecule has 2 N–H and O–H groups in total. The highest BCUT2D eigenvalue weighted by Crippen LogP contribution is 2.13. The fourth-order valence-electron chi connectivity index (χ4n) is 3.31. The van der Waals surface area contributed by atoms with Gasteiger partial charge in [-0.3, -0.25) is 9.80 Å². The van der Waals surface area contributed by atoms with Crippen molar-refractivity contribution in [2.75, 3.05) is 26.2 Å². The molecule has 0 atom stereocenters. The molecule has 0 unspecified atom stereocenters. The Morgan fingerprint density at radius 3 is 1.72 bits per heavy atom. The van der Waals surface area contributed by atoms with E-state index in [0.717, 1.165) is 19.5 Å². The third kappa shape index (κ3) is 8.05. The number of aryl methyl sites for hydroxylation is 2. The summed E-state index contributed by atoms with van der Waals surface area (Å²) in [7, 11) is 0. The summed E-state index contributed by atoms with van der Waals surface area (Å²) in [6.45, 7) is 11.2. The molecular weight excluding hydrogens is 368 g/mol. The van der Waals surface area contributed by atoms with Crippen molar-refractivity contribution < 1.29 is 19.8 Å². The van der Waals surface area contributed by atoms with E-state index in [1.807, 2.05) is 0 Å². The Kier molecular flexibility index (Phi) is 8.83. The summed E-state index contributed by atoms with van der Waals surface area (Å²) < 4.78 is 0. The molecule has 156 valence electrons. The van der Waals surface area contributed by atoms with E-state index in [9.17, 15) is 0 Å². The van der Waals surface area contributed by atoms with Gasteiger partial charge in [0.15, 0.2) is 0 Å². The number of carboxylic acids is 2. The molecule has 1 aliphatic rings. The Balaban J connectivity index is 0.000000438. The summed E-state index contributed by atoms with van der Waals surface area (Å²) >= 11 is 0. The molecule has 1 heterocycles. The molecule has 0 saturated carbocycles. The maximum absolute atomic E-state index is 9.10. The number of carboxylic acid groups (broad SMARTS) is 2. The van der Waals surface area contributed by atoms with Crippen LogP contribution in [0.15, 0.2) is 48.5 Å². The van der Waals surface area contributed by atoms with E-state index in [0.29, 0.717) is 0 Å². The van der Waals surface area contributed by atoms with Crippen molar-refractivity contribution in [3.8, 4) is 0 Å². The van der Waals surface area contributed by atoms with Crippen LogP contribution in [0, 0.1) is 6.92 Å². The Labute approximate surface area is 172 Å². The molecule has 0 radical (unpaired) electrons. The van der Waals surface area contributed by atoms with Gasteiger partial charge in [0.25, 0.3) is 0 Å². The van der Waals surface area contributed by atoms with Gasteiger partial charge in [0.1, 0.15) is 0 Å². The van der Waals surface area contributed by atoms with Gasteiger partial charge in [-0.2, -0.15) is 0 Å². The lowest BCUT2D eigenvalue weighted by Gasteiger charge is -2.34. The quantitative estimate of drug-likeness (QED) is 0.754. The number of nitrogens with zero attached hydrogens (tertiary/aromatic N) is 2. The summed E-state index contributed by atoms with van der Waals surface area (Å²) in [5.41, 5.74) is 5.66. The number of hydrogen-bond acceptors (Lipinski definition) is 4. The smallest absolute Gasteiger partial charge is 0.414 e. The molecule has 0 aromatic heterocycles. The zero-order valence-corrected chi connectivity index (χ0v) is 17.2. The van der Waals surface area contributed by atoms with E-state index < -0.39 is 11.9 Å². The molecule has 3 rings (SSSR count). The number of hydrogen-bond donors (Lipinski definition) is 2. The predicted octanol–water partition coefficient (Wildman–Crippen LogP) is 3.03. The average molecular weight is 399 g/mol. The average Bonchev–Trinajstić information content (AvgIpc) is 2.70. The van der Waals surface area contributed by atoms with Crippen molar-refractivity contribution in [1.29, 1.82) is 0 Å². The fourth-order valence-corrected chi connectivity index (χ4v) is 3.31. The SMILES string of the molecule is CCc1ccc(CN2CCN(Cc3cccc(C)c3)CC2)cc1.O=C(O)C(=O)O. The first-order valence-corrected chi connectivity index (χ1v) is 9.91. The molecule has 0 aliphatic carbocycles. The van der Waals surface area contributed by atoms with Gasteiger partial charge in [0.2, 0.25) is 0 Å². The van der Waals surface area contributed by atoms with Crippen LogP contribution in [0.2, 0.25) is 0 Å². The molecule has 0 amide bonds. The Morgan fingerprint density at radius 2 is 1.28 bits per heavy atom. The van der Waals surface area contributed by atoms with Gasteiger partial charge in [-0.05, 0) is 30.0 Å². The number of rotatable bonds is 5. The van der Waals surface area contributed by atoms with Crippen LogP contribution in [0.1, 0.15) is 29.2 Å². The van der Waals surface area contributed by atoms with Crippen LogP contribution in [0.4, 0.5) is 0 Å². The van der Waals surface area contributed by atoms with Gasteiger partial charge in [0.05, 0.1) is 0 Å². The van der Waals surface area contributed by atoms with Crippen molar-refractivity contribution in [2.45, 2.75) is 33.4 Å². The predicted molar refractivity (Wildman–Crippen MR) is 113 cm³/mol. The van der Waals surface area contributed by atoms with Crippen molar-refractivity contribution in [3.63, 3.8) is 0 Å². The second-order valence-electron chi connectivity index (χ2n) is 7.32. The number of piperazine rings is 1. The highest BCUT2D eigenvalue weighted by atomic mass is 16.4. The first-order chi connectivity index (χ1) is 13.9. The number of benzene rings is 2. The minimum atomic E-state index is -1.82. The minimum Gasteiger partial charge on any atom is -0.473 e. The summed E-state index contributed by atoms with van der Waals surface area (Å²) in [6, 6.07) is 18.0. The van der Waals surface area contributed by atoms with Gasteiger partial charge < -0.3 is 10.2 Å². The zero-order chi connectivity index (χ0) is 21.2. The molecule has 0 spiro atoms. The van der Waals surface area contributed by atoms with Gasteiger partial charge in [0, 0.05) is 39.3 Å². The second-order valence-corrected chi connectivity index (χ2v) is 7.32. The second kappa shape index (κ2) is 11.3. The van der Waals surface area contributed by atoms with Crippen LogP contribution in [-0.2, 0) is 29.1 Å². The van der Waals surface area contributed by atoms with Crippen LogP contribution in [-0.4, -0.2) is 58.1 Å². The monoisotopic (exact) mass is 398 g/mol. The third-order valence-electron chi connectivity index (χ3n) is 4.97. The van der Waals surface area contributed by atoms with Crippen LogP contribution in [0.25, 0.3) is 0 Å². The van der Waals surface area contributed by atoms with Crippen molar-refractivity contribution in [3.05, 3.63) is 70.8 Å². The lowest BCUT2D eigenvalue weighted by molar-refractivity contribution is -0.159. The van der Waals surface area contributed by atoms with Crippen molar-refractivity contribution in [1.82, 2.24) is 9.80 Å². The highest BCUT2D eigenvalue weighted by Gasteiger charge is 2.17. The van der Waals surface area contributed by atoms with E-state index in [-0.39, 0.29) is 0 Å². The highest BCUT2D eigenvalue weighted by molar-refractivity contribution is 6.27. The lowest BCUT2D eigenvalue weighted by atomic mass is 10.1. The summed E-state index contributed by atoms with van der Waals surface area (Å²) in [5, 5.41) is 14.8. The van der Waals surface area contributed by atoms with Crippen LogP contribution in [0.3, 0.4) is 0 Å². The van der Waals surface area contributed by atoms with E-state index in [1.54, 1.807) is 0 Å². The zero-order valence-electron chi connectivity index (χ0n) is 17.2. The normalized spacial score (nSPS) is 14.7. The molecule has 29 heavy (non-hydrogen) atoms. The largest absolute Gasteiger partial charge is 0.473 e. The number of carbonyl (C=O) groups is 2. The van der Waals surface area contributed by atoms with Crippen LogP contribution >= 0.6 is 0 Å². The maximum atomic E-state index is 9.10. The van der Waals surface area contributed by atoms with Crippen molar-refractivity contribution >= 4 is 11.9 Å². The lowest BCUT2D eigenvalue weighted by Crippen LogP contribution is -2.45. The van der Waals surface area contributed by atoms with Crippen LogP contribution in [0.5, 0.6) is 0 Å². The molecule has 1 fully saturated rings. The van der Waals surface area contributed by atoms with E-state index in [2.05, 4.69) is 72.2 Å². The molecule has 6 nitrogen and oxygen atoms in total. The summed E-state index contributed by atoms with van der Waals surface area (Å²) in [5.74, 6) is -3.65. The molecule has 2 aromatic rings. The molecule has 1 aliphatic heterocycles. The molecule has 1 saturated heterocycles. The van der Waals surface area contributed by atoms with E-state index in [1.165, 1.54) is 48.4 Å². The van der Waals surface area contributed by atoms with E-state index >= 15 is 0 Å². The number of aliphatic carboxylic acids is 2. The Bertz CT molecular complexity index is 785. The fraction of sp³-hybridized carbons (Fsp3) is 0.391. The van der Waals surface area contributed by atoms with Crippen molar-refractivity contribution in [2.24, 2.45) is 0 Å². The van der Waals surface area contributed by atoms with E-state index in [4.69, 9.17) is 19.8 Å². The minimum absolute atomic E-state index is 1.08.